The number of benzene rings is 2. The van der Waals surface area contributed by atoms with Crippen LogP contribution in [0.2, 0.25) is 10.0 Å². The van der Waals surface area contributed by atoms with Gasteiger partial charge in [0, 0.05) is 10.7 Å². The molecule has 2 aromatic carbocycles. The molecule has 9 heteroatoms. The maximum Gasteiger partial charge on any atom is 0.253 e. The van der Waals surface area contributed by atoms with Crippen molar-refractivity contribution in [2.45, 2.75) is 12.5 Å². The number of nitrogens with one attached hydrogen (secondary N) is 2. The summed E-state index contributed by atoms with van der Waals surface area (Å²) >= 11 is 13.5. The van der Waals surface area contributed by atoms with Crippen LogP contribution in [0.1, 0.15) is 16.8 Å². The Balaban J connectivity index is 2.07. The number of carbonyl (C=O) groups is 2. The van der Waals surface area contributed by atoms with Crippen LogP contribution < -0.4 is 15.4 Å². The number of anilines is 1. The second kappa shape index (κ2) is 11.6. The van der Waals surface area contributed by atoms with Gasteiger partial charge in [-0.2, -0.15) is 17.0 Å². The smallest absolute Gasteiger partial charge is 0.253 e. The minimum atomic E-state index is -0.740. The number of halogens is 2. The SMILES string of the molecule is CSCCC(NC(=O)c1ccc(Cl)cc1Cl)C(=O)Nc1ccc(OCC#N)cc1. The first kappa shape index (κ1) is 22.9. The quantitative estimate of drug-likeness (QED) is 0.589. The van der Waals surface area contributed by atoms with Crippen LogP contribution in [-0.4, -0.2) is 36.5 Å². The molecule has 2 amide bonds. The van der Waals surface area contributed by atoms with Crippen molar-refractivity contribution in [2.24, 2.45) is 0 Å². The highest BCUT2D eigenvalue weighted by atomic mass is 35.5. The summed E-state index contributed by atoms with van der Waals surface area (Å²) in [6, 6.07) is 12.3. The first-order chi connectivity index (χ1) is 13.9. The third kappa shape index (κ3) is 7.17. The molecule has 1 atom stereocenters. The predicted octanol–water partition coefficient (Wildman–Crippen LogP) is 4.39. The van der Waals surface area contributed by atoms with Crippen LogP contribution in [0.3, 0.4) is 0 Å². The fourth-order valence-electron chi connectivity index (χ4n) is 2.39. The molecule has 0 saturated heterocycles. The standard InChI is InChI=1S/C20H19Cl2N3O3S/c1-29-11-8-18(25-19(26)16-7-2-13(21)12-17(16)22)20(27)24-14-3-5-15(6-4-14)28-10-9-23/h2-7,12,18H,8,10-11H2,1H3,(H,24,27)(H,25,26). The van der Waals surface area contributed by atoms with E-state index in [2.05, 4.69) is 10.6 Å². The van der Waals surface area contributed by atoms with E-state index in [-0.39, 0.29) is 23.1 Å². The summed E-state index contributed by atoms with van der Waals surface area (Å²) < 4.78 is 5.18. The zero-order chi connectivity index (χ0) is 21.2. The van der Waals surface area contributed by atoms with Crippen molar-refractivity contribution in [1.29, 1.82) is 5.26 Å². The monoisotopic (exact) mass is 451 g/mol. The van der Waals surface area contributed by atoms with Gasteiger partial charge in [0.1, 0.15) is 17.9 Å². The maximum atomic E-state index is 12.7. The molecule has 2 aromatic rings. The molecule has 1 unspecified atom stereocenters. The molecule has 0 spiro atoms. The Morgan fingerprint density at radius 3 is 2.55 bits per heavy atom. The van der Waals surface area contributed by atoms with Crippen LogP contribution in [0.25, 0.3) is 0 Å². The van der Waals surface area contributed by atoms with Gasteiger partial charge in [-0.3, -0.25) is 9.59 Å². The van der Waals surface area contributed by atoms with E-state index < -0.39 is 11.9 Å². The van der Waals surface area contributed by atoms with E-state index in [0.717, 1.165) is 0 Å². The van der Waals surface area contributed by atoms with Crippen molar-refractivity contribution in [2.75, 3.05) is 23.9 Å². The van der Waals surface area contributed by atoms with Crippen LogP contribution in [0, 0.1) is 11.3 Å². The zero-order valence-corrected chi connectivity index (χ0v) is 17.9. The second-order valence-electron chi connectivity index (χ2n) is 5.89. The largest absolute Gasteiger partial charge is 0.479 e. The average Bonchev–Trinajstić information content (AvgIpc) is 2.70. The van der Waals surface area contributed by atoms with Crippen LogP contribution >= 0.6 is 35.0 Å². The average molecular weight is 452 g/mol. The van der Waals surface area contributed by atoms with Gasteiger partial charge in [0.15, 0.2) is 6.61 Å². The van der Waals surface area contributed by atoms with Crippen molar-refractivity contribution in [3.05, 3.63) is 58.1 Å². The minimum Gasteiger partial charge on any atom is -0.479 e. The Morgan fingerprint density at radius 2 is 1.93 bits per heavy atom. The van der Waals surface area contributed by atoms with Gasteiger partial charge in [-0.05, 0) is 60.9 Å². The Hall–Kier alpha value is -2.40. The Morgan fingerprint density at radius 1 is 1.21 bits per heavy atom. The van der Waals surface area contributed by atoms with Gasteiger partial charge in [-0.1, -0.05) is 23.2 Å². The van der Waals surface area contributed by atoms with E-state index in [1.807, 2.05) is 12.3 Å². The lowest BCUT2D eigenvalue weighted by Gasteiger charge is -2.19. The highest BCUT2D eigenvalue weighted by Gasteiger charge is 2.22. The van der Waals surface area contributed by atoms with Crippen molar-refractivity contribution in [3.63, 3.8) is 0 Å². The van der Waals surface area contributed by atoms with E-state index in [1.165, 1.54) is 12.1 Å². The lowest BCUT2D eigenvalue weighted by Crippen LogP contribution is -2.44. The highest BCUT2D eigenvalue weighted by molar-refractivity contribution is 7.98. The van der Waals surface area contributed by atoms with Crippen LogP contribution in [0.4, 0.5) is 5.69 Å². The molecule has 0 fully saturated rings. The topological polar surface area (TPSA) is 91.2 Å². The molecule has 0 bridgehead atoms. The lowest BCUT2D eigenvalue weighted by molar-refractivity contribution is -0.118. The summed E-state index contributed by atoms with van der Waals surface area (Å²) in [5.74, 6) is 0.415. The molecule has 0 aromatic heterocycles. The number of carbonyl (C=O) groups excluding carboxylic acids is 2. The highest BCUT2D eigenvalue weighted by Crippen LogP contribution is 2.21. The molecule has 0 aliphatic rings. The molecule has 2 rings (SSSR count). The Kier molecular flexibility index (Phi) is 9.13. The zero-order valence-electron chi connectivity index (χ0n) is 15.6. The summed E-state index contributed by atoms with van der Waals surface area (Å²) in [5, 5.41) is 14.7. The fourth-order valence-corrected chi connectivity index (χ4v) is 3.36. The third-order valence-electron chi connectivity index (χ3n) is 3.83. The Labute approximate surface area is 183 Å². The number of hydrogen-bond acceptors (Lipinski definition) is 5. The van der Waals surface area contributed by atoms with Gasteiger partial charge in [0.25, 0.3) is 5.91 Å². The summed E-state index contributed by atoms with van der Waals surface area (Å²) in [6.45, 7) is -0.0538. The molecule has 0 radical (unpaired) electrons. The van der Waals surface area contributed by atoms with E-state index in [4.69, 9.17) is 33.2 Å². The summed E-state index contributed by atoms with van der Waals surface area (Å²) in [5.41, 5.74) is 0.796. The van der Waals surface area contributed by atoms with Gasteiger partial charge < -0.3 is 15.4 Å². The van der Waals surface area contributed by atoms with E-state index in [1.54, 1.807) is 42.1 Å². The van der Waals surface area contributed by atoms with Gasteiger partial charge in [0.2, 0.25) is 5.91 Å². The summed E-state index contributed by atoms with van der Waals surface area (Å²) in [4.78, 5) is 25.3. The molecule has 0 heterocycles. The third-order valence-corrected chi connectivity index (χ3v) is 5.03. The number of nitriles is 1. The molecule has 6 nitrogen and oxygen atoms in total. The normalized spacial score (nSPS) is 11.2. The minimum absolute atomic E-state index is 0.0538. The van der Waals surface area contributed by atoms with E-state index in [9.17, 15) is 9.59 Å². The van der Waals surface area contributed by atoms with Crippen molar-refractivity contribution in [1.82, 2.24) is 5.32 Å². The van der Waals surface area contributed by atoms with Crippen LogP contribution in [-0.2, 0) is 4.79 Å². The summed E-state index contributed by atoms with van der Waals surface area (Å²) in [7, 11) is 0. The molecular weight excluding hydrogens is 433 g/mol. The van der Waals surface area contributed by atoms with Crippen molar-refractivity contribution in [3.8, 4) is 11.8 Å². The first-order valence-corrected chi connectivity index (χ1v) is 10.7. The van der Waals surface area contributed by atoms with Gasteiger partial charge in [0.05, 0.1) is 10.6 Å². The fraction of sp³-hybridized carbons (Fsp3) is 0.250. The number of amides is 2. The predicted molar refractivity (Wildman–Crippen MR) is 117 cm³/mol. The molecule has 0 saturated carbocycles. The lowest BCUT2D eigenvalue weighted by atomic mass is 10.1. The molecular formula is C20H19Cl2N3O3S. The first-order valence-electron chi connectivity index (χ1n) is 8.60. The maximum absolute atomic E-state index is 12.7. The molecule has 0 aliphatic carbocycles. The molecule has 29 heavy (non-hydrogen) atoms. The molecule has 0 aliphatic heterocycles. The van der Waals surface area contributed by atoms with Gasteiger partial charge in [-0.25, -0.2) is 0 Å². The summed E-state index contributed by atoms with van der Waals surface area (Å²) in [6.07, 6.45) is 2.38. The number of rotatable bonds is 9. The Bertz CT molecular complexity index is 901. The van der Waals surface area contributed by atoms with Crippen LogP contribution in [0.5, 0.6) is 5.75 Å². The number of ether oxygens (including phenoxy) is 1. The van der Waals surface area contributed by atoms with Crippen molar-refractivity contribution < 1.29 is 14.3 Å². The second-order valence-corrected chi connectivity index (χ2v) is 7.72. The van der Waals surface area contributed by atoms with E-state index in [0.29, 0.717) is 28.6 Å². The number of nitrogens with zero attached hydrogens (tertiary/aromatic N) is 1. The van der Waals surface area contributed by atoms with E-state index >= 15 is 0 Å². The molecule has 2 N–H and O–H groups in total. The number of hydrogen-bond donors (Lipinski definition) is 2. The van der Waals surface area contributed by atoms with Gasteiger partial charge >= 0.3 is 0 Å². The van der Waals surface area contributed by atoms with Gasteiger partial charge in [-0.15, -0.1) is 0 Å². The van der Waals surface area contributed by atoms with Crippen LogP contribution in [0.15, 0.2) is 42.5 Å². The molecule has 152 valence electrons. The number of thioether (sulfide) groups is 1. The van der Waals surface area contributed by atoms with Crippen molar-refractivity contribution >= 4 is 52.5 Å².